The Balaban J connectivity index is 1.78. The van der Waals surface area contributed by atoms with Gasteiger partial charge in [0.1, 0.15) is 0 Å². The van der Waals surface area contributed by atoms with Crippen molar-refractivity contribution in [2.24, 2.45) is 0 Å². The number of rotatable bonds is 3. The normalized spacial score (nSPS) is 14.5. The van der Waals surface area contributed by atoms with Gasteiger partial charge in [-0.05, 0) is 59.3 Å². The van der Waals surface area contributed by atoms with Crippen molar-refractivity contribution >= 4 is 44.4 Å². The highest BCUT2D eigenvalue weighted by Crippen LogP contribution is 2.31. The van der Waals surface area contributed by atoms with Crippen LogP contribution in [0.1, 0.15) is 37.8 Å². The summed E-state index contributed by atoms with van der Waals surface area (Å²) in [7, 11) is 0. The second kappa shape index (κ2) is 5.27. The van der Waals surface area contributed by atoms with Crippen molar-refractivity contribution in [1.29, 1.82) is 0 Å². The van der Waals surface area contributed by atoms with E-state index in [0.29, 0.717) is 6.42 Å². The van der Waals surface area contributed by atoms with E-state index in [4.69, 9.17) is 0 Å². The lowest BCUT2D eigenvalue weighted by Crippen LogP contribution is -1.99. The molecular formula is C14H13BrOS2. The van der Waals surface area contributed by atoms with E-state index in [-0.39, 0.29) is 5.78 Å². The lowest BCUT2D eigenvalue weighted by atomic mass is 9.99. The maximum atomic E-state index is 12.2. The highest BCUT2D eigenvalue weighted by molar-refractivity contribution is 9.10. The van der Waals surface area contributed by atoms with Crippen molar-refractivity contribution in [2.75, 3.05) is 0 Å². The number of hydrogen-bond acceptors (Lipinski definition) is 3. The molecule has 0 bridgehead atoms. The molecule has 2 heterocycles. The predicted octanol–water partition coefficient (Wildman–Crippen LogP) is 4.88. The molecule has 0 radical (unpaired) electrons. The van der Waals surface area contributed by atoms with Gasteiger partial charge in [0, 0.05) is 26.0 Å². The summed E-state index contributed by atoms with van der Waals surface area (Å²) in [5, 5.41) is 2.03. The molecule has 0 amide bonds. The van der Waals surface area contributed by atoms with Crippen LogP contribution in [0.15, 0.2) is 22.0 Å². The van der Waals surface area contributed by atoms with Gasteiger partial charge in [-0.2, -0.15) is 0 Å². The maximum absolute atomic E-state index is 12.2. The average Bonchev–Trinajstić information content (AvgIpc) is 2.95. The van der Waals surface area contributed by atoms with Crippen LogP contribution < -0.4 is 0 Å². The quantitative estimate of drug-likeness (QED) is 0.728. The minimum absolute atomic E-state index is 0.267. The van der Waals surface area contributed by atoms with Gasteiger partial charge in [-0.1, -0.05) is 0 Å². The Hall–Kier alpha value is -0.450. The number of carbonyl (C=O) groups is 1. The van der Waals surface area contributed by atoms with E-state index in [2.05, 4.69) is 22.0 Å². The standard InChI is InChI=1S/C14H13BrOS2/c15-10-6-11(17-8-10)7-12(16)14-5-9-3-1-2-4-13(9)18-14/h5-6,8H,1-4,7H2. The molecule has 0 fully saturated rings. The SMILES string of the molecule is O=C(Cc1cc(Br)cs1)c1cc2c(s1)CCCC2. The van der Waals surface area contributed by atoms with Crippen LogP contribution in [0.3, 0.4) is 0 Å². The van der Waals surface area contributed by atoms with Gasteiger partial charge < -0.3 is 0 Å². The highest BCUT2D eigenvalue weighted by Gasteiger charge is 2.17. The summed E-state index contributed by atoms with van der Waals surface area (Å²) in [5.41, 5.74) is 1.42. The van der Waals surface area contributed by atoms with E-state index in [0.717, 1.165) is 27.1 Å². The summed E-state index contributed by atoms with van der Waals surface area (Å²) in [4.78, 5) is 15.8. The van der Waals surface area contributed by atoms with Crippen molar-refractivity contribution in [2.45, 2.75) is 32.1 Å². The summed E-state index contributed by atoms with van der Waals surface area (Å²) in [6.07, 6.45) is 5.41. The molecular weight excluding hydrogens is 328 g/mol. The number of carbonyl (C=O) groups excluding carboxylic acids is 1. The smallest absolute Gasteiger partial charge is 0.177 e. The fraction of sp³-hybridized carbons (Fsp3) is 0.357. The molecule has 2 aromatic rings. The minimum Gasteiger partial charge on any atom is -0.293 e. The van der Waals surface area contributed by atoms with Gasteiger partial charge in [0.05, 0.1) is 4.88 Å². The molecule has 1 aliphatic carbocycles. The zero-order valence-corrected chi connectivity index (χ0v) is 13.1. The number of aryl methyl sites for hydroxylation is 2. The molecule has 0 spiro atoms. The summed E-state index contributed by atoms with van der Waals surface area (Å²) in [5.74, 6) is 0.267. The number of fused-ring (bicyclic) bond motifs is 1. The molecule has 0 saturated carbocycles. The van der Waals surface area contributed by atoms with Crippen LogP contribution in [-0.4, -0.2) is 5.78 Å². The van der Waals surface area contributed by atoms with Crippen LogP contribution in [0.25, 0.3) is 0 Å². The summed E-state index contributed by atoms with van der Waals surface area (Å²) < 4.78 is 1.07. The Morgan fingerprint density at radius 1 is 1.28 bits per heavy atom. The monoisotopic (exact) mass is 340 g/mol. The zero-order chi connectivity index (χ0) is 12.5. The molecule has 1 nitrogen and oxygen atoms in total. The fourth-order valence-electron chi connectivity index (χ4n) is 2.32. The van der Waals surface area contributed by atoms with Crippen molar-refractivity contribution in [1.82, 2.24) is 0 Å². The Labute approximate surface area is 123 Å². The van der Waals surface area contributed by atoms with Crippen LogP contribution in [0.2, 0.25) is 0 Å². The van der Waals surface area contributed by atoms with Gasteiger partial charge in [-0.3, -0.25) is 4.79 Å². The lowest BCUT2D eigenvalue weighted by molar-refractivity contribution is 0.0997. The zero-order valence-electron chi connectivity index (χ0n) is 9.87. The third-order valence-electron chi connectivity index (χ3n) is 3.23. The van der Waals surface area contributed by atoms with Crippen LogP contribution in [0.4, 0.5) is 0 Å². The second-order valence-corrected chi connectivity index (χ2v) is 7.65. The number of hydrogen-bond donors (Lipinski definition) is 0. The average molecular weight is 341 g/mol. The van der Waals surface area contributed by atoms with Crippen LogP contribution in [0.5, 0.6) is 0 Å². The van der Waals surface area contributed by atoms with Gasteiger partial charge in [0.15, 0.2) is 5.78 Å². The third-order valence-corrected chi connectivity index (χ3v) is 6.20. The third kappa shape index (κ3) is 2.60. The first kappa shape index (κ1) is 12.6. The first-order valence-electron chi connectivity index (χ1n) is 6.10. The molecule has 0 aromatic carbocycles. The highest BCUT2D eigenvalue weighted by atomic mass is 79.9. The van der Waals surface area contributed by atoms with E-state index >= 15 is 0 Å². The predicted molar refractivity (Wildman–Crippen MR) is 81.0 cm³/mol. The first-order chi connectivity index (χ1) is 8.72. The van der Waals surface area contributed by atoms with Crippen molar-refractivity contribution in [3.63, 3.8) is 0 Å². The maximum Gasteiger partial charge on any atom is 0.177 e. The number of Topliss-reactive ketones (excluding diaryl/α,β-unsaturated/α-hetero) is 1. The van der Waals surface area contributed by atoms with E-state index in [9.17, 15) is 4.79 Å². The van der Waals surface area contributed by atoms with Crippen molar-refractivity contribution in [3.05, 3.63) is 42.2 Å². The van der Waals surface area contributed by atoms with Gasteiger partial charge >= 0.3 is 0 Å². The molecule has 0 unspecified atom stereocenters. The van der Waals surface area contributed by atoms with E-state index < -0.39 is 0 Å². The fourth-order valence-corrected chi connectivity index (χ4v) is 4.96. The van der Waals surface area contributed by atoms with Crippen LogP contribution >= 0.6 is 38.6 Å². The van der Waals surface area contributed by atoms with E-state index in [1.165, 1.54) is 23.3 Å². The van der Waals surface area contributed by atoms with E-state index in [1.54, 1.807) is 22.7 Å². The molecule has 18 heavy (non-hydrogen) atoms. The molecule has 3 rings (SSSR count). The molecule has 2 aromatic heterocycles. The molecule has 0 aliphatic heterocycles. The number of halogens is 1. The first-order valence-corrected chi connectivity index (χ1v) is 8.59. The molecule has 0 N–H and O–H groups in total. The van der Waals surface area contributed by atoms with Gasteiger partial charge in [-0.25, -0.2) is 0 Å². The van der Waals surface area contributed by atoms with Crippen LogP contribution in [0, 0.1) is 0 Å². The molecule has 94 valence electrons. The van der Waals surface area contributed by atoms with Crippen molar-refractivity contribution < 1.29 is 4.79 Å². The Bertz CT molecular complexity index is 559. The van der Waals surface area contributed by atoms with Gasteiger partial charge in [-0.15, -0.1) is 22.7 Å². The Kier molecular flexibility index (Phi) is 3.68. The lowest BCUT2D eigenvalue weighted by Gasteiger charge is -2.08. The molecule has 0 atom stereocenters. The second-order valence-electron chi connectivity index (χ2n) is 4.60. The minimum atomic E-state index is 0.267. The summed E-state index contributed by atoms with van der Waals surface area (Å²) in [6.45, 7) is 0. The molecule has 1 aliphatic rings. The van der Waals surface area contributed by atoms with Crippen LogP contribution in [-0.2, 0) is 19.3 Å². The summed E-state index contributed by atoms with van der Waals surface area (Å²) >= 11 is 6.78. The largest absolute Gasteiger partial charge is 0.293 e. The Morgan fingerprint density at radius 2 is 2.11 bits per heavy atom. The topological polar surface area (TPSA) is 17.1 Å². The number of ketones is 1. The van der Waals surface area contributed by atoms with E-state index in [1.807, 2.05) is 11.4 Å². The van der Waals surface area contributed by atoms with Gasteiger partial charge in [0.2, 0.25) is 0 Å². The number of thiophene rings is 2. The Morgan fingerprint density at radius 3 is 2.83 bits per heavy atom. The molecule has 4 heteroatoms. The summed E-state index contributed by atoms with van der Waals surface area (Å²) in [6, 6.07) is 4.17. The van der Waals surface area contributed by atoms with Crippen molar-refractivity contribution in [3.8, 4) is 0 Å². The molecule has 0 saturated heterocycles. The van der Waals surface area contributed by atoms with Gasteiger partial charge in [0.25, 0.3) is 0 Å².